The average molecular weight is 541 g/mol. The van der Waals surface area contributed by atoms with E-state index in [1.54, 1.807) is 13.0 Å². The summed E-state index contributed by atoms with van der Waals surface area (Å²) in [6.07, 6.45) is -2.33. The molecule has 0 amide bonds. The minimum Gasteiger partial charge on any atom is -0.533 e. The van der Waals surface area contributed by atoms with Crippen LogP contribution in [0.5, 0.6) is 0 Å². The van der Waals surface area contributed by atoms with Crippen molar-refractivity contribution in [3.63, 3.8) is 0 Å². The third-order valence-corrected chi connectivity index (χ3v) is 1.74. The molecule has 187 valence electrons. The summed E-state index contributed by atoms with van der Waals surface area (Å²) in [7, 11) is 0. The zero-order valence-corrected chi connectivity index (χ0v) is 24.6. The molecule has 0 aromatic heterocycles. The van der Waals surface area contributed by atoms with E-state index >= 15 is 0 Å². The molecule has 0 unspecified atom stereocenters. The molecule has 1 heterocycles. The fourth-order valence-corrected chi connectivity index (χ4v) is 1.29. The molecule has 1 aliphatic rings. The van der Waals surface area contributed by atoms with Gasteiger partial charge < -0.3 is 14.4 Å². The van der Waals surface area contributed by atoms with Gasteiger partial charge in [0.2, 0.25) is 0 Å². The van der Waals surface area contributed by atoms with Gasteiger partial charge in [0.25, 0.3) is 6.18 Å². The minimum atomic E-state index is -4.76. The molecule has 9 heteroatoms. The third-order valence-electron chi connectivity index (χ3n) is 1.74. The Kier molecular flexibility index (Phi) is 36.3. The zero-order valence-electron chi connectivity index (χ0n) is 21.8. The van der Waals surface area contributed by atoms with Crippen molar-refractivity contribution in [2.75, 3.05) is 0 Å². The van der Waals surface area contributed by atoms with Crippen molar-refractivity contribution < 1.29 is 65.1 Å². The summed E-state index contributed by atoms with van der Waals surface area (Å²) in [6, 6.07) is 0. The largest absolute Gasteiger partial charge is 0.533 e. The number of halogens is 3. The third kappa shape index (κ3) is 78.8. The standard InChI is InChI=1S/C6H11NO.C6H10O.C4H8.C3H6O.C2F3O.C2H6.Y/c1-5-4-6(2,3)8-7-5;1-5(2)4-6(3)7;1-4(2)3;1-3(2)4;3-2(4,5)1-6;1-2;/h4H2,1-3H3;4H,1-3H3;1H2,2-3H3;1-2H3;;1-2H3;/q;;;;-1;;. The molecule has 1 aliphatic heterocycles. The predicted molar refractivity (Wildman–Crippen MR) is 123 cm³/mol. The molecular formula is C23H41F3NO4Y-. The predicted octanol–water partition coefficient (Wildman–Crippen LogP) is 6.96. The monoisotopic (exact) mass is 541 g/mol. The summed E-state index contributed by atoms with van der Waals surface area (Å²) in [5, 5.41) is 3.81. The second-order valence-corrected chi connectivity index (χ2v) is 7.40. The number of oxime groups is 1. The SMILES string of the molecule is C=C(C)C.CC.CC(=O)C=C(C)C.CC(C)=O.CC1=NOC(C)(C)C1.O=[C-]C(F)(F)F.[Y]. The second-order valence-electron chi connectivity index (χ2n) is 7.40. The van der Waals surface area contributed by atoms with Crippen molar-refractivity contribution in [1.29, 1.82) is 0 Å². The number of hydrogen-bond donors (Lipinski definition) is 0. The fourth-order valence-electron chi connectivity index (χ4n) is 1.29. The van der Waals surface area contributed by atoms with Crippen molar-refractivity contribution in [3.05, 3.63) is 23.8 Å². The molecule has 0 fully saturated rings. The first-order valence-electron chi connectivity index (χ1n) is 9.68. The molecule has 0 atom stereocenters. The topological polar surface area (TPSA) is 72.8 Å². The van der Waals surface area contributed by atoms with E-state index in [0.717, 1.165) is 17.7 Å². The van der Waals surface area contributed by atoms with E-state index in [-0.39, 0.29) is 56.2 Å². The van der Waals surface area contributed by atoms with E-state index in [2.05, 4.69) is 11.7 Å². The van der Waals surface area contributed by atoms with Crippen molar-refractivity contribution in [1.82, 2.24) is 0 Å². The number of alkyl halides is 3. The molecule has 0 N–H and O–H groups in total. The molecule has 5 nitrogen and oxygen atoms in total. The van der Waals surface area contributed by atoms with Gasteiger partial charge in [0.05, 0.1) is 5.71 Å². The van der Waals surface area contributed by atoms with Crippen LogP contribution >= 0.6 is 0 Å². The number of Topliss-reactive ketones (excluding diaryl/α,β-unsaturated/α-hetero) is 1. The van der Waals surface area contributed by atoms with E-state index in [9.17, 15) is 22.8 Å². The Balaban J connectivity index is -0.0000000659. The second kappa shape index (κ2) is 26.1. The maximum atomic E-state index is 10.4. The summed E-state index contributed by atoms with van der Waals surface area (Å²) >= 11 is 0. The van der Waals surface area contributed by atoms with Crippen LogP contribution in [0.1, 0.15) is 89.5 Å². The van der Waals surface area contributed by atoms with E-state index in [1.165, 1.54) is 19.4 Å². The van der Waals surface area contributed by atoms with Crippen LogP contribution in [0.2, 0.25) is 0 Å². The van der Waals surface area contributed by atoms with Crippen molar-refractivity contribution in [3.8, 4) is 0 Å². The maximum Gasteiger partial charge on any atom is 0.298 e. The number of hydrogen-bond acceptors (Lipinski definition) is 5. The number of carbonyl (C=O) groups is 2. The van der Waals surface area contributed by atoms with E-state index in [1.807, 2.05) is 62.3 Å². The molecule has 0 spiro atoms. The Labute approximate surface area is 218 Å². The van der Waals surface area contributed by atoms with Crippen LogP contribution < -0.4 is 0 Å². The van der Waals surface area contributed by atoms with Crippen LogP contribution in [0, 0.1) is 0 Å². The zero-order chi connectivity index (χ0) is 26.4. The van der Waals surface area contributed by atoms with Crippen molar-refractivity contribution >= 4 is 23.6 Å². The first kappa shape index (κ1) is 44.5. The quantitative estimate of drug-likeness (QED) is 0.204. The maximum absolute atomic E-state index is 10.4. The van der Waals surface area contributed by atoms with Crippen LogP contribution in [-0.4, -0.2) is 35.3 Å². The first-order chi connectivity index (χ1) is 13.8. The Morgan fingerprint density at radius 3 is 1.38 bits per heavy atom. The summed E-state index contributed by atoms with van der Waals surface area (Å²) in [5.74, 6) is 0.292. The van der Waals surface area contributed by atoms with Gasteiger partial charge in [-0.05, 0) is 75.3 Å². The van der Waals surface area contributed by atoms with Gasteiger partial charge in [-0.1, -0.05) is 30.1 Å². The molecule has 0 aliphatic carbocycles. The van der Waals surface area contributed by atoms with Gasteiger partial charge in [-0.2, -0.15) is 6.29 Å². The number of allylic oxidation sites excluding steroid dienone is 3. The van der Waals surface area contributed by atoms with Gasteiger partial charge in [0, 0.05) is 39.1 Å². The molecule has 0 saturated carbocycles. The van der Waals surface area contributed by atoms with E-state index in [0.29, 0.717) is 0 Å². The molecular weight excluding hydrogens is 500 g/mol. The summed E-state index contributed by atoms with van der Waals surface area (Å²) in [4.78, 5) is 33.2. The van der Waals surface area contributed by atoms with Gasteiger partial charge in [-0.3, -0.25) is 4.79 Å². The number of rotatable bonds is 1. The normalized spacial score (nSPS) is 11.8. The van der Waals surface area contributed by atoms with Gasteiger partial charge in [0.15, 0.2) is 5.78 Å². The molecule has 0 aromatic carbocycles. The Bertz CT molecular complexity index is 558. The summed E-state index contributed by atoms with van der Waals surface area (Å²) in [5.41, 5.74) is 3.28. The first-order valence-corrected chi connectivity index (χ1v) is 9.68. The van der Waals surface area contributed by atoms with Crippen LogP contribution in [0.25, 0.3) is 0 Å². The van der Waals surface area contributed by atoms with Gasteiger partial charge in [-0.25, -0.2) is 13.2 Å². The smallest absolute Gasteiger partial charge is 0.298 e. The van der Waals surface area contributed by atoms with Gasteiger partial charge in [0.1, 0.15) is 11.4 Å². The average Bonchev–Trinajstić information content (AvgIpc) is 2.84. The summed E-state index contributed by atoms with van der Waals surface area (Å²) in [6.45, 7) is 26.0. The van der Waals surface area contributed by atoms with Crippen molar-refractivity contribution in [2.24, 2.45) is 5.16 Å². The van der Waals surface area contributed by atoms with Crippen LogP contribution in [-0.2, 0) is 51.9 Å². The molecule has 0 saturated heterocycles. The molecule has 32 heavy (non-hydrogen) atoms. The molecule has 0 aromatic rings. The van der Waals surface area contributed by atoms with Crippen LogP contribution in [0.15, 0.2) is 29.0 Å². The van der Waals surface area contributed by atoms with Gasteiger partial charge >= 0.3 is 0 Å². The summed E-state index contributed by atoms with van der Waals surface area (Å²) < 4.78 is 31.1. The number of nitrogens with zero attached hydrogens (tertiary/aromatic N) is 1. The number of ketones is 2. The van der Waals surface area contributed by atoms with E-state index in [4.69, 9.17) is 9.63 Å². The molecule has 1 radical (unpaired) electrons. The van der Waals surface area contributed by atoms with Crippen molar-refractivity contribution in [2.45, 2.75) is 101 Å². The van der Waals surface area contributed by atoms with Crippen LogP contribution in [0.4, 0.5) is 13.2 Å². The fraction of sp³-hybridized carbons (Fsp3) is 0.652. The Hall–Kier alpha value is -1.15. The van der Waals surface area contributed by atoms with Crippen LogP contribution in [0.3, 0.4) is 0 Å². The Morgan fingerprint density at radius 2 is 1.34 bits per heavy atom. The minimum absolute atomic E-state index is 0. The molecule has 1 rings (SSSR count). The van der Waals surface area contributed by atoms with E-state index < -0.39 is 6.18 Å². The molecule has 0 bridgehead atoms. The Morgan fingerprint density at radius 1 is 1.06 bits per heavy atom. The van der Waals surface area contributed by atoms with Gasteiger partial charge in [-0.15, -0.1) is 6.58 Å². The number of carbonyl (C=O) groups excluding carboxylic acids is 3.